The van der Waals surface area contributed by atoms with Gasteiger partial charge in [-0.3, -0.25) is 4.79 Å². The van der Waals surface area contributed by atoms with Crippen molar-refractivity contribution in [1.29, 1.82) is 0 Å². The average Bonchev–Trinajstić information content (AvgIpc) is 2.60. The molecule has 144 valence electrons. The molecule has 3 amide bonds. The van der Waals surface area contributed by atoms with E-state index in [0.29, 0.717) is 18.8 Å². The van der Waals surface area contributed by atoms with Crippen LogP contribution in [0.4, 0.5) is 10.5 Å². The number of piperazine rings is 1. The van der Waals surface area contributed by atoms with E-state index >= 15 is 0 Å². The van der Waals surface area contributed by atoms with Gasteiger partial charge < -0.3 is 19.9 Å². The van der Waals surface area contributed by atoms with Crippen LogP contribution in [0.2, 0.25) is 0 Å². The van der Waals surface area contributed by atoms with Crippen LogP contribution in [0.25, 0.3) is 0 Å². The Hall–Kier alpha value is -2.33. The molecular formula is C16H24N4O5S. The molecule has 1 fully saturated rings. The molecule has 0 aliphatic carbocycles. The van der Waals surface area contributed by atoms with Crippen molar-refractivity contribution in [2.45, 2.75) is 0 Å². The number of nitrogens with one attached hydrogen (secondary N) is 1. The van der Waals surface area contributed by atoms with Gasteiger partial charge in [0.15, 0.2) is 0 Å². The first-order valence-corrected chi connectivity index (χ1v) is 9.95. The predicted molar refractivity (Wildman–Crippen MR) is 97.8 cm³/mol. The Morgan fingerprint density at radius 1 is 1.35 bits per heavy atom. The van der Waals surface area contributed by atoms with Crippen molar-refractivity contribution in [3.05, 3.63) is 24.3 Å². The SMILES string of the molecule is COc1cccc(N2CCN(C(=O)NCCN(C)S(C)(=O)=O)CC2=O)c1. The summed E-state index contributed by atoms with van der Waals surface area (Å²) < 4.78 is 28.9. The number of benzene rings is 1. The van der Waals surface area contributed by atoms with Gasteiger partial charge in [0, 0.05) is 45.0 Å². The van der Waals surface area contributed by atoms with Crippen molar-refractivity contribution in [3.8, 4) is 5.75 Å². The van der Waals surface area contributed by atoms with E-state index in [1.165, 1.54) is 11.9 Å². The summed E-state index contributed by atoms with van der Waals surface area (Å²) in [6.07, 6.45) is 1.10. The Balaban J connectivity index is 1.87. The maximum atomic E-state index is 12.4. The molecule has 9 nitrogen and oxygen atoms in total. The van der Waals surface area contributed by atoms with Crippen LogP contribution < -0.4 is 15.0 Å². The van der Waals surface area contributed by atoms with Gasteiger partial charge in [0.2, 0.25) is 15.9 Å². The van der Waals surface area contributed by atoms with Gasteiger partial charge in [-0.25, -0.2) is 17.5 Å². The van der Waals surface area contributed by atoms with Crippen molar-refractivity contribution in [2.24, 2.45) is 0 Å². The van der Waals surface area contributed by atoms with E-state index in [9.17, 15) is 18.0 Å². The molecule has 26 heavy (non-hydrogen) atoms. The van der Waals surface area contributed by atoms with E-state index in [4.69, 9.17) is 4.74 Å². The lowest BCUT2D eigenvalue weighted by Crippen LogP contribution is -2.55. The van der Waals surface area contributed by atoms with Crippen LogP contribution in [-0.2, 0) is 14.8 Å². The summed E-state index contributed by atoms with van der Waals surface area (Å²) in [4.78, 5) is 27.6. The van der Waals surface area contributed by atoms with E-state index in [1.54, 1.807) is 30.2 Å². The molecule has 1 aromatic carbocycles. The summed E-state index contributed by atoms with van der Waals surface area (Å²) in [6, 6.07) is 6.81. The molecule has 1 heterocycles. The molecule has 1 aliphatic rings. The molecule has 1 N–H and O–H groups in total. The maximum Gasteiger partial charge on any atom is 0.317 e. The van der Waals surface area contributed by atoms with Gasteiger partial charge in [-0.15, -0.1) is 0 Å². The van der Waals surface area contributed by atoms with Crippen molar-refractivity contribution < 1.29 is 22.7 Å². The Morgan fingerprint density at radius 3 is 2.69 bits per heavy atom. The van der Waals surface area contributed by atoms with Gasteiger partial charge in [0.1, 0.15) is 12.3 Å². The van der Waals surface area contributed by atoms with Gasteiger partial charge in [-0.1, -0.05) is 6.07 Å². The second-order valence-corrected chi connectivity index (χ2v) is 8.07. The molecule has 0 radical (unpaired) electrons. The van der Waals surface area contributed by atoms with Gasteiger partial charge in [0.25, 0.3) is 0 Å². The zero-order chi connectivity index (χ0) is 19.3. The van der Waals surface area contributed by atoms with Crippen LogP contribution in [0.5, 0.6) is 5.75 Å². The second-order valence-electron chi connectivity index (χ2n) is 5.98. The number of sulfonamides is 1. The third-order valence-electron chi connectivity index (χ3n) is 4.14. The van der Waals surface area contributed by atoms with Gasteiger partial charge in [-0.2, -0.15) is 0 Å². The number of hydrogen-bond donors (Lipinski definition) is 1. The van der Waals surface area contributed by atoms with Crippen LogP contribution in [-0.4, -0.2) is 82.7 Å². The lowest BCUT2D eigenvalue weighted by molar-refractivity contribution is -0.120. The molecule has 0 bridgehead atoms. The third-order valence-corrected chi connectivity index (χ3v) is 5.46. The van der Waals surface area contributed by atoms with E-state index in [2.05, 4.69) is 5.32 Å². The van der Waals surface area contributed by atoms with Crippen molar-refractivity contribution in [1.82, 2.24) is 14.5 Å². The van der Waals surface area contributed by atoms with Crippen LogP contribution >= 0.6 is 0 Å². The average molecular weight is 384 g/mol. The van der Waals surface area contributed by atoms with E-state index < -0.39 is 10.0 Å². The molecule has 2 rings (SSSR count). The number of likely N-dealkylation sites (N-methyl/N-ethyl adjacent to an activating group) is 1. The fourth-order valence-corrected chi connectivity index (χ4v) is 2.92. The number of hydrogen-bond acceptors (Lipinski definition) is 5. The third kappa shape index (κ3) is 5.09. The predicted octanol–water partition coefficient (Wildman–Crippen LogP) is -0.0552. The lowest BCUT2D eigenvalue weighted by atomic mass is 10.2. The van der Waals surface area contributed by atoms with Crippen LogP contribution in [0.3, 0.4) is 0 Å². The summed E-state index contributed by atoms with van der Waals surface area (Å²) in [6.45, 7) is 1.07. The molecule has 1 saturated heterocycles. The fourth-order valence-electron chi connectivity index (χ4n) is 2.50. The monoisotopic (exact) mass is 384 g/mol. The number of ether oxygens (including phenoxy) is 1. The molecule has 0 atom stereocenters. The highest BCUT2D eigenvalue weighted by Gasteiger charge is 2.28. The molecule has 0 aromatic heterocycles. The van der Waals surface area contributed by atoms with Gasteiger partial charge >= 0.3 is 6.03 Å². The minimum atomic E-state index is -3.28. The quantitative estimate of drug-likeness (QED) is 0.741. The summed E-state index contributed by atoms with van der Waals surface area (Å²) in [5.41, 5.74) is 0.726. The number of rotatable bonds is 6. The molecular weight excluding hydrogens is 360 g/mol. The zero-order valence-electron chi connectivity index (χ0n) is 15.1. The van der Waals surface area contributed by atoms with E-state index in [1.807, 2.05) is 6.07 Å². The van der Waals surface area contributed by atoms with Crippen LogP contribution in [0, 0.1) is 0 Å². The first-order chi connectivity index (χ1) is 12.2. The molecule has 0 saturated carbocycles. The van der Waals surface area contributed by atoms with Crippen LogP contribution in [0.1, 0.15) is 0 Å². The van der Waals surface area contributed by atoms with E-state index in [-0.39, 0.29) is 31.6 Å². The molecule has 1 aliphatic heterocycles. The topological polar surface area (TPSA) is 99.3 Å². The van der Waals surface area contributed by atoms with Crippen LogP contribution in [0.15, 0.2) is 24.3 Å². The Morgan fingerprint density at radius 2 is 2.08 bits per heavy atom. The zero-order valence-corrected chi connectivity index (χ0v) is 16.0. The maximum absolute atomic E-state index is 12.4. The number of amides is 3. The van der Waals surface area contributed by atoms with Crippen molar-refractivity contribution in [3.63, 3.8) is 0 Å². The lowest BCUT2D eigenvalue weighted by Gasteiger charge is -2.34. The van der Waals surface area contributed by atoms with E-state index in [0.717, 1.165) is 16.2 Å². The smallest absolute Gasteiger partial charge is 0.317 e. The molecule has 10 heteroatoms. The highest BCUT2D eigenvalue weighted by molar-refractivity contribution is 7.88. The highest BCUT2D eigenvalue weighted by atomic mass is 32.2. The Labute approximate surface area is 153 Å². The highest BCUT2D eigenvalue weighted by Crippen LogP contribution is 2.22. The fraction of sp³-hybridized carbons (Fsp3) is 0.500. The number of anilines is 1. The number of nitrogens with zero attached hydrogens (tertiary/aromatic N) is 3. The minimum absolute atomic E-state index is 0.0367. The number of carbonyl (C=O) groups excluding carboxylic acids is 2. The molecule has 0 unspecified atom stereocenters. The van der Waals surface area contributed by atoms with Crippen molar-refractivity contribution >= 4 is 27.6 Å². The van der Waals surface area contributed by atoms with Crippen molar-refractivity contribution in [2.75, 3.05) is 58.0 Å². The number of methoxy groups -OCH3 is 1. The summed E-state index contributed by atoms with van der Waals surface area (Å²) in [7, 11) is -0.278. The first kappa shape index (κ1) is 20.0. The summed E-state index contributed by atoms with van der Waals surface area (Å²) in [5.74, 6) is 0.471. The first-order valence-electron chi connectivity index (χ1n) is 8.11. The molecule has 1 aromatic rings. The van der Waals surface area contributed by atoms with Gasteiger partial charge in [0.05, 0.1) is 13.4 Å². The van der Waals surface area contributed by atoms with Gasteiger partial charge in [-0.05, 0) is 12.1 Å². The Bertz CT molecular complexity index is 768. The number of carbonyl (C=O) groups is 2. The summed E-state index contributed by atoms with van der Waals surface area (Å²) in [5, 5.41) is 2.64. The number of urea groups is 1. The second kappa shape index (κ2) is 8.37. The largest absolute Gasteiger partial charge is 0.497 e. The minimum Gasteiger partial charge on any atom is -0.497 e. The molecule has 0 spiro atoms. The standard InChI is InChI=1S/C16H24N4O5S/c1-18(26(3,23)24)8-7-17-16(22)19-9-10-20(15(21)12-19)13-5-4-6-14(11-13)25-2/h4-6,11H,7-10,12H2,1-3H3,(H,17,22). The Kier molecular flexibility index (Phi) is 6.43. The normalized spacial score (nSPS) is 15.3. The summed E-state index contributed by atoms with van der Waals surface area (Å²) >= 11 is 0.